The lowest BCUT2D eigenvalue weighted by Gasteiger charge is -2.18. The van der Waals surface area contributed by atoms with E-state index in [0.29, 0.717) is 29.1 Å². The average Bonchev–Trinajstić information content (AvgIpc) is 3.17. The maximum absolute atomic E-state index is 12.4. The van der Waals surface area contributed by atoms with Crippen LogP contribution in [-0.2, 0) is 30.8 Å². The Morgan fingerprint density at radius 1 is 1.14 bits per heavy atom. The SMILES string of the molecule is CC(=O)N1CC(=S)C[C@H]1C(=O)O.N[C@@H](Cc1ccc(NS(=O)(=O)c2c(Cl)cccc2Cl)cc1)C(=O)O. The molecule has 1 aliphatic rings. The van der Waals surface area contributed by atoms with Crippen molar-refractivity contribution >= 4 is 73.8 Å². The Kier molecular flexibility index (Phi) is 10.2. The summed E-state index contributed by atoms with van der Waals surface area (Å²) in [5.41, 5.74) is 6.42. The molecule has 5 N–H and O–H groups in total. The highest BCUT2D eigenvalue weighted by molar-refractivity contribution is 7.93. The largest absolute Gasteiger partial charge is 0.480 e. The van der Waals surface area contributed by atoms with Crippen molar-refractivity contribution in [3.8, 4) is 0 Å². The molecule has 3 rings (SSSR count). The number of carboxylic acids is 2. The molecular formula is C22H23Cl2N3O7S2. The number of likely N-dealkylation sites (tertiary alicyclic amines) is 1. The zero-order valence-electron chi connectivity index (χ0n) is 18.9. The molecule has 2 atom stereocenters. The Morgan fingerprint density at radius 2 is 1.69 bits per heavy atom. The van der Waals surface area contributed by atoms with Crippen molar-refractivity contribution in [2.45, 2.75) is 36.7 Å². The molecule has 0 bridgehead atoms. The quantitative estimate of drug-likeness (QED) is 0.363. The number of halogens is 2. The molecule has 2 aromatic rings. The van der Waals surface area contributed by atoms with Gasteiger partial charge < -0.3 is 20.8 Å². The van der Waals surface area contributed by atoms with Crippen LogP contribution >= 0.6 is 35.4 Å². The van der Waals surface area contributed by atoms with E-state index in [-0.39, 0.29) is 27.3 Å². The zero-order valence-corrected chi connectivity index (χ0v) is 22.0. The Morgan fingerprint density at radius 3 is 2.14 bits per heavy atom. The molecule has 10 nitrogen and oxygen atoms in total. The average molecular weight is 576 g/mol. The maximum atomic E-state index is 12.4. The zero-order chi connectivity index (χ0) is 27.2. The molecule has 0 unspecified atom stereocenters. The third-order valence-corrected chi connectivity index (χ3v) is 7.63. The molecule has 36 heavy (non-hydrogen) atoms. The number of nitrogens with one attached hydrogen (secondary N) is 1. The van der Waals surface area contributed by atoms with E-state index in [4.69, 9.17) is 51.4 Å². The second-order valence-electron chi connectivity index (χ2n) is 7.75. The van der Waals surface area contributed by atoms with Gasteiger partial charge in [0.05, 0.1) is 16.6 Å². The second kappa shape index (κ2) is 12.5. The van der Waals surface area contributed by atoms with Crippen LogP contribution in [0.2, 0.25) is 10.0 Å². The molecule has 0 spiro atoms. The Bertz CT molecular complexity index is 1230. The molecule has 1 amide bonds. The van der Waals surface area contributed by atoms with Crippen LogP contribution in [-0.4, -0.2) is 64.9 Å². The van der Waals surface area contributed by atoms with Crippen LogP contribution in [0.15, 0.2) is 47.4 Å². The first-order valence-electron chi connectivity index (χ1n) is 10.3. The van der Waals surface area contributed by atoms with Gasteiger partial charge in [0.2, 0.25) is 5.91 Å². The van der Waals surface area contributed by atoms with Crippen LogP contribution in [0.3, 0.4) is 0 Å². The number of benzene rings is 2. The topological polar surface area (TPSA) is 167 Å². The van der Waals surface area contributed by atoms with E-state index in [0.717, 1.165) is 0 Å². The summed E-state index contributed by atoms with van der Waals surface area (Å²) in [7, 11) is -3.96. The number of rotatable bonds is 7. The number of amides is 1. The van der Waals surface area contributed by atoms with Gasteiger partial charge in [0.1, 0.15) is 17.0 Å². The maximum Gasteiger partial charge on any atom is 0.326 e. The van der Waals surface area contributed by atoms with Crippen molar-refractivity contribution in [1.82, 2.24) is 4.90 Å². The van der Waals surface area contributed by atoms with E-state index in [1.807, 2.05) is 0 Å². The number of carboxylic acid groups (broad SMARTS) is 2. The molecule has 1 saturated heterocycles. The van der Waals surface area contributed by atoms with Gasteiger partial charge in [-0.15, -0.1) is 0 Å². The van der Waals surface area contributed by atoms with E-state index >= 15 is 0 Å². The number of anilines is 1. The summed E-state index contributed by atoms with van der Waals surface area (Å²) in [5.74, 6) is -2.32. The minimum Gasteiger partial charge on any atom is -0.480 e. The molecule has 1 fully saturated rings. The Balaban J connectivity index is 0.000000319. The molecule has 1 heterocycles. The second-order valence-corrected chi connectivity index (χ2v) is 10.8. The third kappa shape index (κ3) is 7.87. The fourth-order valence-electron chi connectivity index (χ4n) is 3.24. The third-order valence-electron chi connectivity index (χ3n) is 5.00. The molecule has 0 saturated carbocycles. The van der Waals surface area contributed by atoms with E-state index < -0.39 is 34.0 Å². The van der Waals surface area contributed by atoms with Crippen LogP contribution in [0.25, 0.3) is 0 Å². The van der Waals surface area contributed by atoms with Gasteiger partial charge >= 0.3 is 11.9 Å². The molecule has 1 aliphatic heterocycles. The molecular weight excluding hydrogens is 553 g/mol. The molecule has 14 heteroatoms. The number of nitrogens with zero attached hydrogens (tertiary/aromatic N) is 1. The van der Waals surface area contributed by atoms with Gasteiger partial charge in [0.15, 0.2) is 0 Å². The number of carbonyl (C=O) groups is 3. The molecule has 194 valence electrons. The summed E-state index contributed by atoms with van der Waals surface area (Å²) >= 11 is 16.7. The van der Waals surface area contributed by atoms with Crippen LogP contribution < -0.4 is 10.5 Å². The van der Waals surface area contributed by atoms with Gasteiger partial charge in [-0.2, -0.15) is 0 Å². The van der Waals surface area contributed by atoms with Crippen molar-refractivity contribution < 1.29 is 33.0 Å². The predicted octanol–water partition coefficient (Wildman–Crippen LogP) is 2.81. The van der Waals surface area contributed by atoms with Crippen LogP contribution in [0.1, 0.15) is 18.9 Å². The van der Waals surface area contributed by atoms with E-state index in [1.165, 1.54) is 36.1 Å². The highest BCUT2D eigenvalue weighted by Gasteiger charge is 2.35. The summed E-state index contributed by atoms with van der Waals surface area (Å²) < 4.78 is 27.2. The van der Waals surface area contributed by atoms with Gasteiger partial charge in [-0.1, -0.05) is 53.6 Å². The van der Waals surface area contributed by atoms with E-state index in [1.54, 1.807) is 18.2 Å². The summed E-state index contributed by atoms with van der Waals surface area (Å²) in [6.07, 6.45) is 0.447. The number of nitrogens with two attached hydrogens (primary N) is 1. The minimum absolute atomic E-state index is 0.0130. The van der Waals surface area contributed by atoms with Gasteiger partial charge in [-0.05, 0) is 36.2 Å². The van der Waals surface area contributed by atoms with Crippen molar-refractivity contribution in [3.63, 3.8) is 0 Å². The van der Waals surface area contributed by atoms with Crippen LogP contribution in [0.4, 0.5) is 5.69 Å². The van der Waals surface area contributed by atoms with E-state index in [9.17, 15) is 22.8 Å². The summed E-state index contributed by atoms with van der Waals surface area (Å²) in [5, 5.41) is 17.5. The van der Waals surface area contributed by atoms with Gasteiger partial charge in [0.25, 0.3) is 10.0 Å². The predicted molar refractivity (Wildman–Crippen MR) is 139 cm³/mol. The normalized spacial score (nSPS) is 16.1. The Labute approximate surface area is 223 Å². The lowest BCUT2D eigenvalue weighted by atomic mass is 10.1. The fraction of sp³-hybridized carbons (Fsp3) is 0.273. The molecule has 0 aromatic heterocycles. The van der Waals surface area contributed by atoms with Crippen molar-refractivity contribution in [3.05, 3.63) is 58.1 Å². The number of hydrogen-bond acceptors (Lipinski definition) is 7. The molecule has 2 aromatic carbocycles. The minimum atomic E-state index is -3.96. The van der Waals surface area contributed by atoms with Gasteiger partial charge in [-0.3, -0.25) is 14.3 Å². The first-order valence-corrected chi connectivity index (χ1v) is 12.9. The number of aliphatic carboxylic acids is 2. The van der Waals surface area contributed by atoms with Crippen molar-refractivity contribution in [2.75, 3.05) is 11.3 Å². The lowest BCUT2D eigenvalue weighted by Crippen LogP contribution is -2.39. The van der Waals surface area contributed by atoms with E-state index in [2.05, 4.69) is 4.72 Å². The lowest BCUT2D eigenvalue weighted by molar-refractivity contribution is -0.147. The van der Waals surface area contributed by atoms with Gasteiger partial charge in [0, 0.05) is 23.9 Å². The first kappa shape index (κ1) is 29.5. The highest BCUT2D eigenvalue weighted by Crippen LogP contribution is 2.30. The Hall–Kier alpha value is -2.77. The molecule has 0 radical (unpaired) electrons. The monoisotopic (exact) mass is 575 g/mol. The van der Waals surface area contributed by atoms with Crippen LogP contribution in [0, 0.1) is 0 Å². The summed E-state index contributed by atoms with van der Waals surface area (Å²) in [4.78, 5) is 34.0. The number of sulfonamides is 1. The summed E-state index contributed by atoms with van der Waals surface area (Å²) in [6, 6.07) is 8.84. The fourth-order valence-corrected chi connectivity index (χ4v) is 5.74. The standard InChI is InChI=1S/C15H14Cl2N2O4S.C7H9NO3S/c16-11-2-1-3-12(17)14(11)24(22,23)19-10-6-4-9(5-7-10)8-13(18)15(20)21;1-4(9)8-3-5(12)2-6(8)7(10)11/h1-7,13,19H,8,18H2,(H,20,21);6H,2-3H2,1H3,(H,10,11)/t13-;6-/m00/s1. The van der Waals surface area contributed by atoms with Crippen molar-refractivity contribution in [2.24, 2.45) is 5.73 Å². The smallest absolute Gasteiger partial charge is 0.326 e. The van der Waals surface area contributed by atoms with Crippen LogP contribution in [0.5, 0.6) is 0 Å². The number of thiocarbonyl (C=S) groups is 1. The molecule has 0 aliphatic carbocycles. The summed E-state index contributed by atoms with van der Waals surface area (Å²) in [6.45, 7) is 1.66. The van der Waals surface area contributed by atoms with Crippen molar-refractivity contribution in [1.29, 1.82) is 0 Å². The first-order chi connectivity index (χ1) is 16.7. The highest BCUT2D eigenvalue weighted by atomic mass is 35.5. The van der Waals surface area contributed by atoms with Gasteiger partial charge in [-0.25, -0.2) is 13.2 Å². The number of carbonyl (C=O) groups excluding carboxylic acids is 1. The number of hydrogen-bond donors (Lipinski definition) is 4.